The van der Waals surface area contributed by atoms with Crippen molar-refractivity contribution in [1.29, 1.82) is 0 Å². The van der Waals surface area contributed by atoms with E-state index in [9.17, 15) is 4.79 Å². The lowest BCUT2D eigenvalue weighted by molar-refractivity contribution is -0.121. The van der Waals surface area contributed by atoms with E-state index in [4.69, 9.17) is 24.3 Å². The fourth-order valence-corrected chi connectivity index (χ4v) is 4.64. The molecule has 0 spiro atoms. The number of carbonyl (C=O) groups is 1. The van der Waals surface area contributed by atoms with Gasteiger partial charge >= 0.3 is 0 Å². The maximum Gasteiger partial charge on any atom is 0.220 e. The summed E-state index contributed by atoms with van der Waals surface area (Å²) in [5, 5.41) is 7.89. The highest BCUT2D eigenvalue weighted by atomic mass is 16.6. The standard InChI is InChI=1S/C28H30N4O4/c1-17(20-9-11-25-26(15-20)36-14-13-35-25)30-28(33)12-10-21-18(2)29-27-16-23(31-32(27)19(21)3)22-7-5-6-8-24(22)34-4/h5-9,11,15-17H,10,12-14H2,1-4H3,(H,30,33)/t17-/m1/s1. The van der Waals surface area contributed by atoms with E-state index in [1.165, 1.54) is 0 Å². The average Bonchev–Trinajstić information content (AvgIpc) is 3.32. The summed E-state index contributed by atoms with van der Waals surface area (Å²) in [6.45, 7) is 7.05. The minimum atomic E-state index is -0.148. The topological polar surface area (TPSA) is 87.0 Å². The van der Waals surface area contributed by atoms with Gasteiger partial charge in [0.25, 0.3) is 0 Å². The maximum atomic E-state index is 12.8. The lowest BCUT2D eigenvalue weighted by Crippen LogP contribution is -2.27. The van der Waals surface area contributed by atoms with Gasteiger partial charge in [-0.2, -0.15) is 5.10 Å². The van der Waals surface area contributed by atoms with Crippen molar-refractivity contribution in [3.63, 3.8) is 0 Å². The number of methoxy groups -OCH3 is 1. The summed E-state index contributed by atoms with van der Waals surface area (Å²) in [5.74, 6) is 2.20. The zero-order valence-corrected chi connectivity index (χ0v) is 21.0. The van der Waals surface area contributed by atoms with Gasteiger partial charge in [0.2, 0.25) is 5.91 Å². The van der Waals surface area contributed by atoms with Crippen LogP contribution in [0.2, 0.25) is 0 Å². The largest absolute Gasteiger partial charge is 0.496 e. The Bertz CT molecular complexity index is 1430. The molecule has 1 amide bonds. The molecule has 1 aliphatic heterocycles. The Morgan fingerprint density at radius 2 is 1.89 bits per heavy atom. The van der Waals surface area contributed by atoms with Gasteiger partial charge in [-0.3, -0.25) is 4.79 Å². The molecule has 0 unspecified atom stereocenters. The first kappa shape index (κ1) is 23.7. The predicted octanol–water partition coefficient (Wildman–Crippen LogP) is 4.60. The first-order valence-corrected chi connectivity index (χ1v) is 12.1. The summed E-state index contributed by atoms with van der Waals surface area (Å²) in [4.78, 5) is 17.6. The van der Waals surface area contributed by atoms with Crippen LogP contribution < -0.4 is 19.5 Å². The molecule has 4 aromatic rings. The predicted molar refractivity (Wildman–Crippen MR) is 137 cm³/mol. The lowest BCUT2D eigenvalue weighted by atomic mass is 10.0. The molecular weight excluding hydrogens is 456 g/mol. The number of fused-ring (bicyclic) bond motifs is 2. The number of nitrogens with one attached hydrogen (secondary N) is 1. The number of benzene rings is 2. The third-order valence-corrected chi connectivity index (χ3v) is 6.59. The zero-order valence-electron chi connectivity index (χ0n) is 21.0. The molecule has 5 rings (SSSR count). The Balaban J connectivity index is 1.30. The van der Waals surface area contributed by atoms with Gasteiger partial charge in [0.15, 0.2) is 17.1 Å². The normalized spacial score (nSPS) is 13.4. The number of aryl methyl sites for hydroxylation is 2. The highest BCUT2D eigenvalue weighted by molar-refractivity contribution is 5.77. The molecule has 8 nitrogen and oxygen atoms in total. The summed E-state index contributed by atoms with van der Waals surface area (Å²) in [7, 11) is 1.65. The molecule has 0 radical (unpaired) electrons. The number of aromatic nitrogens is 3. The van der Waals surface area contributed by atoms with Crippen molar-refractivity contribution < 1.29 is 19.0 Å². The summed E-state index contributed by atoms with van der Waals surface area (Å²) in [6, 6.07) is 15.4. The molecule has 0 aliphatic carbocycles. The van der Waals surface area contributed by atoms with E-state index >= 15 is 0 Å². The number of rotatable bonds is 7. The fraction of sp³-hybridized carbons (Fsp3) is 0.321. The number of ether oxygens (including phenoxy) is 3. The van der Waals surface area contributed by atoms with Crippen LogP contribution >= 0.6 is 0 Å². The van der Waals surface area contributed by atoms with E-state index < -0.39 is 0 Å². The number of nitrogens with zero attached hydrogens (tertiary/aromatic N) is 3. The monoisotopic (exact) mass is 486 g/mol. The van der Waals surface area contributed by atoms with Gasteiger partial charge in [-0.25, -0.2) is 9.50 Å². The van der Waals surface area contributed by atoms with Gasteiger partial charge in [-0.05, 0) is 62.6 Å². The van der Waals surface area contributed by atoms with Crippen molar-refractivity contribution in [1.82, 2.24) is 19.9 Å². The Morgan fingerprint density at radius 3 is 2.69 bits per heavy atom. The lowest BCUT2D eigenvalue weighted by Gasteiger charge is -2.21. The quantitative estimate of drug-likeness (QED) is 0.411. The van der Waals surface area contributed by atoms with Crippen LogP contribution in [0.1, 0.15) is 41.9 Å². The van der Waals surface area contributed by atoms with Crippen LogP contribution in [0.25, 0.3) is 16.9 Å². The Kier molecular flexibility index (Phi) is 6.50. The third kappa shape index (κ3) is 4.58. The molecule has 1 atom stereocenters. The molecule has 2 aromatic heterocycles. The highest BCUT2D eigenvalue weighted by Gasteiger charge is 2.18. The van der Waals surface area contributed by atoms with Gasteiger partial charge in [0, 0.05) is 29.4 Å². The van der Waals surface area contributed by atoms with Gasteiger partial charge < -0.3 is 19.5 Å². The van der Waals surface area contributed by atoms with Crippen molar-refractivity contribution >= 4 is 11.6 Å². The van der Waals surface area contributed by atoms with E-state index in [1.807, 2.05) is 73.8 Å². The number of amides is 1. The van der Waals surface area contributed by atoms with E-state index in [0.29, 0.717) is 26.1 Å². The van der Waals surface area contributed by atoms with Crippen LogP contribution in [0.3, 0.4) is 0 Å². The van der Waals surface area contributed by atoms with Crippen molar-refractivity contribution in [3.05, 3.63) is 71.0 Å². The van der Waals surface area contributed by atoms with E-state index in [0.717, 1.165) is 56.7 Å². The second-order valence-electron chi connectivity index (χ2n) is 8.95. The third-order valence-electron chi connectivity index (χ3n) is 6.59. The molecular formula is C28H30N4O4. The Hall–Kier alpha value is -4.07. The van der Waals surface area contributed by atoms with Crippen LogP contribution in [0.15, 0.2) is 48.5 Å². The van der Waals surface area contributed by atoms with Crippen LogP contribution in [-0.2, 0) is 11.2 Å². The molecule has 1 N–H and O–H groups in total. The molecule has 8 heteroatoms. The smallest absolute Gasteiger partial charge is 0.220 e. The second kappa shape index (κ2) is 9.89. The number of para-hydroxylation sites is 1. The number of hydrogen-bond donors (Lipinski definition) is 1. The van der Waals surface area contributed by atoms with Crippen LogP contribution in [-0.4, -0.2) is 40.8 Å². The van der Waals surface area contributed by atoms with Gasteiger partial charge in [0.05, 0.1) is 18.8 Å². The van der Waals surface area contributed by atoms with Crippen LogP contribution in [0.4, 0.5) is 0 Å². The van der Waals surface area contributed by atoms with Crippen molar-refractivity contribution in [2.24, 2.45) is 0 Å². The van der Waals surface area contributed by atoms with Gasteiger partial charge in [-0.1, -0.05) is 18.2 Å². The molecule has 1 aliphatic rings. The van der Waals surface area contributed by atoms with Crippen molar-refractivity contribution in [3.8, 4) is 28.5 Å². The van der Waals surface area contributed by atoms with Crippen molar-refractivity contribution in [2.45, 2.75) is 39.7 Å². The van der Waals surface area contributed by atoms with E-state index in [2.05, 4.69) is 5.32 Å². The number of carbonyl (C=O) groups excluding carboxylic acids is 1. The highest BCUT2D eigenvalue weighted by Crippen LogP contribution is 2.33. The van der Waals surface area contributed by atoms with Crippen LogP contribution in [0, 0.1) is 13.8 Å². The summed E-state index contributed by atoms with van der Waals surface area (Å²) >= 11 is 0. The van der Waals surface area contributed by atoms with Crippen molar-refractivity contribution in [2.75, 3.05) is 20.3 Å². The zero-order chi connectivity index (χ0) is 25.2. The van der Waals surface area contributed by atoms with E-state index in [1.54, 1.807) is 7.11 Å². The molecule has 0 bridgehead atoms. The van der Waals surface area contributed by atoms with E-state index in [-0.39, 0.29) is 11.9 Å². The summed E-state index contributed by atoms with van der Waals surface area (Å²) in [6.07, 6.45) is 0.925. The minimum Gasteiger partial charge on any atom is -0.496 e. The minimum absolute atomic E-state index is 0.0218. The molecule has 2 aromatic carbocycles. The molecule has 36 heavy (non-hydrogen) atoms. The number of hydrogen-bond acceptors (Lipinski definition) is 6. The summed E-state index contributed by atoms with van der Waals surface area (Å²) < 4.78 is 18.6. The Labute approximate surface area is 210 Å². The maximum absolute atomic E-state index is 12.8. The average molecular weight is 487 g/mol. The van der Waals surface area contributed by atoms with Gasteiger partial charge in [0.1, 0.15) is 19.0 Å². The van der Waals surface area contributed by atoms with Gasteiger partial charge in [-0.15, -0.1) is 0 Å². The summed E-state index contributed by atoms with van der Waals surface area (Å²) in [5.41, 5.74) is 6.36. The molecule has 3 heterocycles. The molecule has 186 valence electrons. The first-order valence-electron chi connectivity index (χ1n) is 12.1. The fourth-order valence-electron chi connectivity index (χ4n) is 4.64. The SMILES string of the molecule is COc1ccccc1-c1cc2nc(C)c(CCC(=O)N[C@H](C)c3ccc4c(c3)OCCO4)c(C)n2n1. The molecule has 0 saturated heterocycles. The molecule has 0 saturated carbocycles. The first-order chi connectivity index (χ1) is 17.4. The van der Waals surface area contributed by atoms with Crippen LogP contribution in [0.5, 0.6) is 17.2 Å². The molecule has 0 fully saturated rings. The second-order valence-corrected chi connectivity index (χ2v) is 8.95. The Morgan fingerprint density at radius 1 is 1.11 bits per heavy atom.